The van der Waals surface area contributed by atoms with Crippen LogP contribution in [0, 0.1) is 0 Å². The van der Waals surface area contributed by atoms with Gasteiger partial charge >= 0.3 is 6.03 Å². The van der Waals surface area contributed by atoms with Crippen LogP contribution in [0.2, 0.25) is 5.02 Å². The molecule has 0 radical (unpaired) electrons. The Labute approximate surface area is 175 Å². The maximum atomic E-state index is 12.8. The molecule has 0 aromatic heterocycles. The molecule has 2 aromatic carbocycles. The summed E-state index contributed by atoms with van der Waals surface area (Å²) in [5.74, 6) is 0.525. The molecule has 1 aliphatic rings. The van der Waals surface area contributed by atoms with Crippen LogP contribution in [0.3, 0.4) is 0 Å². The molecule has 29 heavy (non-hydrogen) atoms. The third-order valence-corrected chi connectivity index (χ3v) is 4.71. The maximum absolute atomic E-state index is 12.8. The van der Waals surface area contributed by atoms with Crippen LogP contribution >= 0.6 is 11.6 Å². The van der Waals surface area contributed by atoms with Gasteiger partial charge in [-0.3, -0.25) is 4.79 Å². The molecule has 152 valence electrons. The number of amides is 3. The Bertz CT molecular complexity index is 943. The Morgan fingerprint density at radius 2 is 1.90 bits per heavy atom. The van der Waals surface area contributed by atoms with Crippen molar-refractivity contribution >= 4 is 35.3 Å². The fraction of sp³-hybridized carbons (Fsp3) is 0.273. The first-order chi connectivity index (χ1) is 13.9. The molecule has 3 amide bonds. The molecule has 1 atom stereocenters. The lowest BCUT2D eigenvalue weighted by Gasteiger charge is -2.18. The summed E-state index contributed by atoms with van der Waals surface area (Å²) >= 11 is 6.43. The van der Waals surface area contributed by atoms with E-state index in [-0.39, 0.29) is 11.8 Å². The number of imide groups is 1. The number of rotatable bonds is 7. The molecule has 1 saturated heterocycles. The standard InChI is InChI=1S/C22H23ClN2O4/c1-4-14(3)29-20-17(23)11-15(13-19(20)28-5-2)12-18-21(26)25(22(27)24-18)16-9-7-6-8-10-16/h6-14H,4-5H2,1-3H3,(H,24,27)/b18-12-/t14-/m0/s1. The van der Waals surface area contributed by atoms with Crippen LogP contribution in [0.15, 0.2) is 48.2 Å². The number of ether oxygens (including phenoxy) is 2. The van der Waals surface area contributed by atoms with Gasteiger partial charge in [0.15, 0.2) is 11.5 Å². The summed E-state index contributed by atoms with van der Waals surface area (Å²) < 4.78 is 11.6. The molecule has 0 unspecified atom stereocenters. The number of hydrogen-bond acceptors (Lipinski definition) is 4. The van der Waals surface area contributed by atoms with E-state index in [0.717, 1.165) is 11.3 Å². The average Bonchev–Trinajstić information content (AvgIpc) is 2.98. The van der Waals surface area contributed by atoms with Crippen molar-refractivity contribution in [2.24, 2.45) is 0 Å². The van der Waals surface area contributed by atoms with E-state index in [1.54, 1.807) is 42.5 Å². The minimum absolute atomic E-state index is 0.0222. The molecular formula is C22H23ClN2O4. The Balaban J connectivity index is 1.94. The van der Waals surface area contributed by atoms with E-state index in [2.05, 4.69) is 5.32 Å². The van der Waals surface area contributed by atoms with Crippen molar-refractivity contribution in [1.29, 1.82) is 0 Å². The largest absolute Gasteiger partial charge is 0.490 e. The predicted molar refractivity (Wildman–Crippen MR) is 113 cm³/mol. The number of benzene rings is 2. The van der Waals surface area contributed by atoms with Gasteiger partial charge in [0.05, 0.1) is 23.4 Å². The van der Waals surface area contributed by atoms with Crippen LogP contribution in [0.1, 0.15) is 32.8 Å². The highest BCUT2D eigenvalue weighted by Gasteiger charge is 2.34. The lowest BCUT2D eigenvalue weighted by Crippen LogP contribution is -2.30. The van der Waals surface area contributed by atoms with Crippen LogP contribution in [-0.4, -0.2) is 24.6 Å². The van der Waals surface area contributed by atoms with Crippen molar-refractivity contribution in [2.75, 3.05) is 11.5 Å². The SMILES string of the molecule is CCOc1cc(/C=C2\NC(=O)N(c3ccccc3)C2=O)cc(Cl)c1O[C@@H](C)CC. The molecule has 1 aliphatic heterocycles. The molecule has 0 aliphatic carbocycles. The van der Waals surface area contributed by atoms with Gasteiger partial charge in [-0.25, -0.2) is 9.69 Å². The summed E-state index contributed by atoms with van der Waals surface area (Å²) in [5.41, 5.74) is 1.28. The van der Waals surface area contributed by atoms with Crippen LogP contribution in [0.4, 0.5) is 10.5 Å². The van der Waals surface area contributed by atoms with Crippen LogP contribution < -0.4 is 19.7 Å². The van der Waals surface area contributed by atoms with Gasteiger partial charge in [0.2, 0.25) is 0 Å². The van der Waals surface area contributed by atoms with Gasteiger partial charge in [-0.1, -0.05) is 36.7 Å². The second-order valence-corrected chi connectivity index (χ2v) is 6.97. The highest BCUT2D eigenvalue weighted by molar-refractivity contribution is 6.32. The van der Waals surface area contributed by atoms with Gasteiger partial charge < -0.3 is 14.8 Å². The van der Waals surface area contributed by atoms with E-state index in [4.69, 9.17) is 21.1 Å². The first-order valence-electron chi connectivity index (χ1n) is 9.49. The molecule has 7 heteroatoms. The van der Waals surface area contributed by atoms with Crippen molar-refractivity contribution < 1.29 is 19.1 Å². The van der Waals surface area contributed by atoms with E-state index < -0.39 is 11.9 Å². The number of carbonyl (C=O) groups is 2. The molecule has 0 saturated carbocycles. The summed E-state index contributed by atoms with van der Waals surface area (Å²) in [7, 11) is 0. The third-order valence-electron chi connectivity index (χ3n) is 4.43. The van der Waals surface area contributed by atoms with Crippen LogP contribution in [-0.2, 0) is 4.79 Å². The Morgan fingerprint density at radius 3 is 2.55 bits per heavy atom. The molecule has 3 rings (SSSR count). The lowest BCUT2D eigenvalue weighted by molar-refractivity contribution is -0.113. The molecule has 0 bridgehead atoms. The van der Waals surface area contributed by atoms with Crippen molar-refractivity contribution in [3.8, 4) is 11.5 Å². The minimum atomic E-state index is -0.500. The summed E-state index contributed by atoms with van der Waals surface area (Å²) in [6, 6.07) is 11.7. The summed E-state index contributed by atoms with van der Waals surface area (Å²) in [6.45, 7) is 6.27. The monoisotopic (exact) mass is 414 g/mol. The zero-order valence-electron chi connectivity index (χ0n) is 16.6. The number of hydrogen-bond donors (Lipinski definition) is 1. The fourth-order valence-electron chi connectivity index (χ4n) is 2.85. The van der Waals surface area contributed by atoms with Gasteiger partial charge in [-0.05, 0) is 56.2 Å². The van der Waals surface area contributed by atoms with Crippen molar-refractivity contribution in [2.45, 2.75) is 33.3 Å². The van der Waals surface area contributed by atoms with Crippen LogP contribution in [0.25, 0.3) is 6.08 Å². The molecular weight excluding hydrogens is 392 g/mol. The topological polar surface area (TPSA) is 67.9 Å². The number of urea groups is 1. The number of nitrogens with zero attached hydrogens (tertiary/aromatic N) is 1. The van der Waals surface area contributed by atoms with E-state index >= 15 is 0 Å². The van der Waals surface area contributed by atoms with Gasteiger partial charge in [-0.2, -0.15) is 0 Å². The highest BCUT2D eigenvalue weighted by Crippen LogP contribution is 2.38. The number of halogens is 1. The molecule has 1 heterocycles. The van der Waals surface area contributed by atoms with Crippen LogP contribution in [0.5, 0.6) is 11.5 Å². The number of anilines is 1. The molecule has 1 fully saturated rings. The van der Waals surface area contributed by atoms with E-state index in [1.807, 2.05) is 26.8 Å². The summed E-state index contributed by atoms with van der Waals surface area (Å²) in [5, 5.41) is 2.99. The molecule has 0 spiro atoms. The first-order valence-corrected chi connectivity index (χ1v) is 9.87. The van der Waals surface area contributed by atoms with Gasteiger partial charge in [0.25, 0.3) is 5.91 Å². The second kappa shape index (κ2) is 9.01. The van der Waals surface area contributed by atoms with E-state index in [9.17, 15) is 9.59 Å². The Kier molecular flexibility index (Phi) is 6.44. The van der Waals surface area contributed by atoms with Gasteiger partial charge in [0, 0.05) is 0 Å². The minimum Gasteiger partial charge on any atom is -0.490 e. The Hall–Kier alpha value is -2.99. The molecule has 6 nitrogen and oxygen atoms in total. The smallest absolute Gasteiger partial charge is 0.333 e. The number of nitrogens with one attached hydrogen (secondary N) is 1. The predicted octanol–water partition coefficient (Wildman–Crippen LogP) is 5.01. The van der Waals surface area contributed by atoms with E-state index in [1.165, 1.54) is 0 Å². The first kappa shape index (κ1) is 20.7. The normalized spacial score (nSPS) is 16.1. The van der Waals surface area contributed by atoms with Crippen molar-refractivity contribution in [3.05, 3.63) is 58.7 Å². The highest BCUT2D eigenvalue weighted by atomic mass is 35.5. The second-order valence-electron chi connectivity index (χ2n) is 6.56. The summed E-state index contributed by atoms with van der Waals surface area (Å²) in [4.78, 5) is 26.2. The fourth-order valence-corrected chi connectivity index (χ4v) is 3.11. The maximum Gasteiger partial charge on any atom is 0.333 e. The van der Waals surface area contributed by atoms with Crippen molar-refractivity contribution in [1.82, 2.24) is 5.32 Å². The quantitative estimate of drug-likeness (QED) is 0.510. The zero-order chi connectivity index (χ0) is 21.0. The number of para-hydroxylation sites is 1. The zero-order valence-corrected chi connectivity index (χ0v) is 17.3. The molecule has 1 N–H and O–H groups in total. The van der Waals surface area contributed by atoms with Gasteiger partial charge in [-0.15, -0.1) is 0 Å². The number of carbonyl (C=O) groups excluding carboxylic acids is 2. The van der Waals surface area contributed by atoms with Gasteiger partial charge in [0.1, 0.15) is 5.70 Å². The lowest BCUT2D eigenvalue weighted by atomic mass is 10.1. The third kappa shape index (κ3) is 4.54. The van der Waals surface area contributed by atoms with E-state index in [0.29, 0.717) is 34.4 Å². The molecule has 2 aromatic rings. The Morgan fingerprint density at radius 1 is 1.17 bits per heavy atom. The average molecular weight is 415 g/mol. The summed E-state index contributed by atoms with van der Waals surface area (Å²) in [6.07, 6.45) is 2.37. The van der Waals surface area contributed by atoms with Crippen molar-refractivity contribution in [3.63, 3.8) is 0 Å².